The molecule has 2 heterocycles. The molecule has 100 valence electrons. The molecular formula is C15H18N2OS. The van der Waals surface area contributed by atoms with Crippen molar-refractivity contribution in [3.8, 4) is 11.3 Å². The number of hydrogen-bond donors (Lipinski definition) is 0. The predicted octanol–water partition coefficient (Wildman–Crippen LogP) is 3.43. The first-order chi connectivity index (χ1) is 9.33. The molecular weight excluding hydrogens is 256 g/mol. The quantitative estimate of drug-likeness (QED) is 0.854. The zero-order chi connectivity index (χ0) is 13.1. The van der Waals surface area contributed by atoms with Crippen molar-refractivity contribution in [2.45, 2.75) is 18.9 Å². The minimum Gasteiger partial charge on any atom is -0.376 e. The van der Waals surface area contributed by atoms with E-state index in [1.807, 2.05) is 18.2 Å². The predicted molar refractivity (Wildman–Crippen MR) is 79.8 cm³/mol. The zero-order valence-electron chi connectivity index (χ0n) is 11.1. The summed E-state index contributed by atoms with van der Waals surface area (Å²) < 4.78 is 5.67. The molecule has 1 atom stereocenters. The summed E-state index contributed by atoms with van der Waals surface area (Å²) in [5.74, 6) is 0. The Morgan fingerprint density at radius 1 is 1.37 bits per heavy atom. The van der Waals surface area contributed by atoms with Crippen molar-refractivity contribution in [3.05, 3.63) is 35.7 Å². The molecule has 0 saturated carbocycles. The molecule has 1 fully saturated rings. The second-order valence-corrected chi connectivity index (χ2v) is 5.73. The van der Waals surface area contributed by atoms with E-state index < -0.39 is 0 Å². The SMILES string of the molecule is CN(CC1CCCO1)c1nc(-c2ccccc2)cs1. The molecule has 1 saturated heterocycles. The first-order valence-corrected chi connectivity index (χ1v) is 7.54. The van der Waals surface area contributed by atoms with E-state index >= 15 is 0 Å². The third-order valence-corrected chi connectivity index (χ3v) is 4.34. The third kappa shape index (κ3) is 2.96. The van der Waals surface area contributed by atoms with Crippen LogP contribution in [0.3, 0.4) is 0 Å². The van der Waals surface area contributed by atoms with E-state index in [2.05, 4.69) is 29.5 Å². The lowest BCUT2D eigenvalue weighted by molar-refractivity contribution is 0.116. The molecule has 0 aliphatic carbocycles. The molecule has 0 bridgehead atoms. The van der Waals surface area contributed by atoms with E-state index in [9.17, 15) is 0 Å². The van der Waals surface area contributed by atoms with Crippen LogP contribution < -0.4 is 4.90 Å². The second-order valence-electron chi connectivity index (χ2n) is 4.90. The maximum absolute atomic E-state index is 5.67. The van der Waals surface area contributed by atoms with Crippen LogP contribution >= 0.6 is 11.3 Å². The lowest BCUT2D eigenvalue weighted by Gasteiger charge is -2.19. The van der Waals surface area contributed by atoms with Gasteiger partial charge in [0.25, 0.3) is 0 Å². The van der Waals surface area contributed by atoms with E-state index in [4.69, 9.17) is 9.72 Å². The summed E-state index contributed by atoms with van der Waals surface area (Å²) in [7, 11) is 2.09. The molecule has 1 aromatic carbocycles. The number of ether oxygens (including phenoxy) is 1. The third-order valence-electron chi connectivity index (χ3n) is 3.39. The molecule has 3 nitrogen and oxygen atoms in total. The number of thiazole rings is 1. The van der Waals surface area contributed by atoms with Gasteiger partial charge in [-0.15, -0.1) is 11.3 Å². The standard InChI is InChI=1S/C15H18N2OS/c1-17(10-13-8-5-9-18-13)15-16-14(11-19-15)12-6-3-2-4-7-12/h2-4,6-7,11,13H,5,8-10H2,1H3. The fourth-order valence-corrected chi connectivity index (χ4v) is 3.16. The van der Waals surface area contributed by atoms with Gasteiger partial charge in [0, 0.05) is 31.1 Å². The van der Waals surface area contributed by atoms with Gasteiger partial charge in [0.1, 0.15) is 0 Å². The van der Waals surface area contributed by atoms with Crippen molar-refractivity contribution < 1.29 is 4.74 Å². The van der Waals surface area contributed by atoms with Crippen LogP contribution in [-0.4, -0.2) is 31.3 Å². The monoisotopic (exact) mass is 274 g/mol. The molecule has 3 rings (SSSR count). The zero-order valence-corrected chi connectivity index (χ0v) is 11.9. The molecule has 2 aromatic rings. The van der Waals surface area contributed by atoms with Crippen LogP contribution in [0.25, 0.3) is 11.3 Å². The smallest absolute Gasteiger partial charge is 0.185 e. The van der Waals surface area contributed by atoms with Crippen LogP contribution in [-0.2, 0) is 4.74 Å². The van der Waals surface area contributed by atoms with Gasteiger partial charge in [0.05, 0.1) is 11.8 Å². The fourth-order valence-electron chi connectivity index (χ4n) is 2.35. The van der Waals surface area contributed by atoms with Crippen LogP contribution in [0, 0.1) is 0 Å². The molecule has 1 aliphatic rings. The van der Waals surface area contributed by atoms with Gasteiger partial charge in [0.15, 0.2) is 5.13 Å². The Labute approximate surface area is 117 Å². The van der Waals surface area contributed by atoms with Crippen molar-refractivity contribution >= 4 is 16.5 Å². The van der Waals surface area contributed by atoms with Gasteiger partial charge < -0.3 is 9.64 Å². The normalized spacial score (nSPS) is 18.7. The van der Waals surface area contributed by atoms with E-state index in [-0.39, 0.29) is 0 Å². The molecule has 0 spiro atoms. The Hall–Kier alpha value is -1.39. The van der Waals surface area contributed by atoms with E-state index in [0.29, 0.717) is 6.10 Å². The molecule has 4 heteroatoms. The minimum absolute atomic E-state index is 0.370. The molecule has 1 aromatic heterocycles. The van der Waals surface area contributed by atoms with Gasteiger partial charge in [-0.25, -0.2) is 4.98 Å². The van der Waals surface area contributed by atoms with Gasteiger partial charge in [0.2, 0.25) is 0 Å². The summed E-state index contributed by atoms with van der Waals surface area (Å²) >= 11 is 1.70. The average Bonchev–Trinajstić information content (AvgIpc) is 3.10. The summed E-state index contributed by atoms with van der Waals surface area (Å²) in [6.07, 6.45) is 2.72. The van der Waals surface area contributed by atoms with Crippen LogP contribution in [0.15, 0.2) is 35.7 Å². The maximum Gasteiger partial charge on any atom is 0.185 e. The van der Waals surface area contributed by atoms with Gasteiger partial charge in [-0.3, -0.25) is 0 Å². The largest absolute Gasteiger partial charge is 0.376 e. The topological polar surface area (TPSA) is 25.4 Å². The summed E-state index contributed by atoms with van der Waals surface area (Å²) in [6, 6.07) is 10.3. The van der Waals surface area contributed by atoms with Crippen molar-refractivity contribution in [2.24, 2.45) is 0 Å². The summed E-state index contributed by atoms with van der Waals surface area (Å²) in [6.45, 7) is 1.84. The van der Waals surface area contributed by atoms with E-state index in [0.717, 1.165) is 24.0 Å². The van der Waals surface area contributed by atoms with Crippen molar-refractivity contribution in [1.82, 2.24) is 4.98 Å². The highest BCUT2D eigenvalue weighted by atomic mass is 32.1. The van der Waals surface area contributed by atoms with Crippen LogP contribution in [0.2, 0.25) is 0 Å². The second kappa shape index (κ2) is 5.72. The highest BCUT2D eigenvalue weighted by molar-refractivity contribution is 7.14. The molecule has 0 radical (unpaired) electrons. The van der Waals surface area contributed by atoms with Gasteiger partial charge in [-0.2, -0.15) is 0 Å². The first kappa shape index (κ1) is 12.6. The summed E-state index contributed by atoms with van der Waals surface area (Å²) in [5, 5.41) is 3.19. The molecule has 0 amide bonds. The Bertz CT molecular complexity index is 520. The minimum atomic E-state index is 0.370. The Morgan fingerprint density at radius 3 is 2.95 bits per heavy atom. The highest BCUT2D eigenvalue weighted by Gasteiger charge is 2.19. The van der Waals surface area contributed by atoms with E-state index in [1.165, 1.54) is 18.4 Å². The molecule has 1 unspecified atom stereocenters. The van der Waals surface area contributed by atoms with Crippen LogP contribution in [0.5, 0.6) is 0 Å². The number of nitrogens with zero attached hydrogens (tertiary/aromatic N) is 2. The number of aromatic nitrogens is 1. The lowest BCUT2D eigenvalue weighted by atomic mass is 10.2. The fraction of sp³-hybridized carbons (Fsp3) is 0.400. The van der Waals surface area contributed by atoms with Gasteiger partial charge in [-0.1, -0.05) is 30.3 Å². The Morgan fingerprint density at radius 2 is 2.21 bits per heavy atom. The molecule has 0 N–H and O–H groups in total. The molecule has 1 aliphatic heterocycles. The molecule has 19 heavy (non-hydrogen) atoms. The highest BCUT2D eigenvalue weighted by Crippen LogP contribution is 2.27. The number of anilines is 1. The van der Waals surface area contributed by atoms with Crippen LogP contribution in [0.4, 0.5) is 5.13 Å². The summed E-state index contributed by atoms with van der Waals surface area (Å²) in [5.41, 5.74) is 2.23. The maximum atomic E-state index is 5.67. The van der Waals surface area contributed by atoms with Crippen LogP contribution in [0.1, 0.15) is 12.8 Å². The van der Waals surface area contributed by atoms with Gasteiger partial charge >= 0.3 is 0 Å². The van der Waals surface area contributed by atoms with Crippen molar-refractivity contribution in [3.63, 3.8) is 0 Å². The van der Waals surface area contributed by atoms with Crippen molar-refractivity contribution in [1.29, 1.82) is 0 Å². The van der Waals surface area contributed by atoms with Crippen molar-refractivity contribution in [2.75, 3.05) is 25.1 Å². The Kier molecular flexibility index (Phi) is 3.80. The Balaban J connectivity index is 1.70. The summed E-state index contributed by atoms with van der Waals surface area (Å²) in [4.78, 5) is 6.91. The first-order valence-electron chi connectivity index (χ1n) is 6.66. The van der Waals surface area contributed by atoms with Gasteiger partial charge in [-0.05, 0) is 12.8 Å². The van der Waals surface area contributed by atoms with E-state index in [1.54, 1.807) is 11.3 Å². The number of rotatable bonds is 4. The average molecular weight is 274 g/mol. The number of benzene rings is 1. The number of likely N-dealkylation sites (N-methyl/N-ethyl adjacent to an activating group) is 1. The number of hydrogen-bond acceptors (Lipinski definition) is 4. The lowest BCUT2D eigenvalue weighted by Crippen LogP contribution is -2.28.